The molecule has 1 saturated heterocycles. The Labute approximate surface area is 79.5 Å². The zero-order chi connectivity index (χ0) is 9.36. The van der Waals surface area contributed by atoms with Gasteiger partial charge < -0.3 is 10.1 Å². The third kappa shape index (κ3) is 4.83. The molecule has 0 atom stereocenters. The summed E-state index contributed by atoms with van der Waals surface area (Å²) >= 11 is 0. The van der Waals surface area contributed by atoms with Crippen molar-refractivity contribution in [1.29, 1.82) is 5.26 Å². The summed E-state index contributed by atoms with van der Waals surface area (Å²) in [5.74, 6) is 0. The number of hydrogen-bond acceptors (Lipinski definition) is 4. The molecular formula is C9H17N3O. The van der Waals surface area contributed by atoms with E-state index in [1.807, 2.05) is 0 Å². The van der Waals surface area contributed by atoms with Gasteiger partial charge in [-0.2, -0.15) is 5.26 Å². The Morgan fingerprint density at radius 2 is 2.15 bits per heavy atom. The van der Waals surface area contributed by atoms with E-state index in [1.165, 1.54) is 0 Å². The highest BCUT2D eigenvalue weighted by Gasteiger charge is 2.08. The Balaban J connectivity index is 1.90. The molecule has 1 aliphatic heterocycles. The fourth-order valence-electron chi connectivity index (χ4n) is 1.40. The van der Waals surface area contributed by atoms with Crippen LogP contribution >= 0.6 is 0 Å². The van der Waals surface area contributed by atoms with Gasteiger partial charge in [0.05, 0.1) is 25.8 Å². The lowest BCUT2D eigenvalue weighted by atomic mass is 10.3. The van der Waals surface area contributed by atoms with E-state index in [2.05, 4.69) is 16.3 Å². The summed E-state index contributed by atoms with van der Waals surface area (Å²) in [5.41, 5.74) is 0. The fourth-order valence-corrected chi connectivity index (χ4v) is 1.40. The largest absolute Gasteiger partial charge is 0.379 e. The molecule has 4 nitrogen and oxygen atoms in total. The average Bonchev–Trinajstić information content (AvgIpc) is 2.19. The van der Waals surface area contributed by atoms with Crippen molar-refractivity contribution >= 4 is 0 Å². The molecule has 0 aromatic heterocycles. The molecule has 0 bridgehead atoms. The van der Waals surface area contributed by atoms with Crippen LogP contribution in [0.4, 0.5) is 0 Å². The van der Waals surface area contributed by atoms with E-state index in [0.29, 0.717) is 6.54 Å². The highest BCUT2D eigenvalue weighted by molar-refractivity contribution is 4.72. The first-order valence-corrected chi connectivity index (χ1v) is 4.81. The number of nitriles is 1. The molecule has 74 valence electrons. The molecule has 13 heavy (non-hydrogen) atoms. The SMILES string of the molecule is N#CCNCCCN1CCOCC1. The summed E-state index contributed by atoms with van der Waals surface area (Å²) in [6, 6.07) is 2.06. The van der Waals surface area contributed by atoms with Crippen LogP contribution in [0.5, 0.6) is 0 Å². The van der Waals surface area contributed by atoms with Crippen LogP contribution in [0.2, 0.25) is 0 Å². The molecular weight excluding hydrogens is 166 g/mol. The van der Waals surface area contributed by atoms with E-state index >= 15 is 0 Å². The number of nitrogens with zero attached hydrogens (tertiary/aromatic N) is 2. The lowest BCUT2D eigenvalue weighted by Crippen LogP contribution is -2.37. The Hall–Kier alpha value is -0.630. The van der Waals surface area contributed by atoms with E-state index in [-0.39, 0.29) is 0 Å². The van der Waals surface area contributed by atoms with Crippen LogP contribution in [0.1, 0.15) is 6.42 Å². The van der Waals surface area contributed by atoms with E-state index < -0.39 is 0 Å². The highest BCUT2D eigenvalue weighted by Crippen LogP contribution is 1.96. The van der Waals surface area contributed by atoms with Crippen molar-refractivity contribution in [2.75, 3.05) is 45.9 Å². The number of hydrogen-bond donors (Lipinski definition) is 1. The third-order valence-corrected chi connectivity index (χ3v) is 2.14. The predicted octanol–water partition coefficient (Wildman–Crippen LogP) is -0.178. The summed E-state index contributed by atoms with van der Waals surface area (Å²) in [4.78, 5) is 2.40. The maximum atomic E-state index is 8.27. The standard InChI is InChI=1S/C9H17N3O/c10-2-4-11-3-1-5-12-6-8-13-9-7-12/h11H,1,3-9H2. The molecule has 1 N–H and O–H groups in total. The maximum absolute atomic E-state index is 8.27. The summed E-state index contributed by atoms with van der Waals surface area (Å²) in [6.07, 6.45) is 1.11. The molecule has 0 aromatic carbocycles. The molecule has 0 spiro atoms. The molecule has 0 aromatic rings. The van der Waals surface area contributed by atoms with E-state index in [4.69, 9.17) is 10.00 Å². The normalized spacial score (nSPS) is 18.4. The molecule has 0 aliphatic carbocycles. The van der Waals surface area contributed by atoms with E-state index in [9.17, 15) is 0 Å². The van der Waals surface area contributed by atoms with Crippen LogP contribution in [0.25, 0.3) is 0 Å². The summed E-state index contributed by atoms with van der Waals surface area (Å²) < 4.78 is 5.24. The van der Waals surface area contributed by atoms with Crippen molar-refractivity contribution in [3.8, 4) is 6.07 Å². The Morgan fingerprint density at radius 3 is 2.85 bits per heavy atom. The second kappa shape index (κ2) is 6.84. The van der Waals surface area contributed by atoms with E-state index in [0.717, 1.165) is 45.8 Å². The molecule has 1 heterocycles. The number of rotatable bonds is 5. The van der Waals surface area contributed by atoms with Gasteiger partial charge in [0.15, 0.2) is 0 Å². The Morgan fingerprint density at radius 1 is 1.38 bits per heavy atom. The van der Waals surface area contributed by atoms with Gasteiger partial charge in [-0.05, 0) is 19.5 Å². The predicted molar refractivity (Wildman–Crippen MR) is 50.4 cm³/mol. The van der Waals surface area contributed by atoms with Gasteiger partial charge in [-0.1, -0.05) is 0 Å². The van der Waals surface area contributed by atoms with Crippen molar-refractivity contribution in [3.05, 3.63) is 0 Å². The number of morpholine rings is 1. The third-order valence-electron chi connectivity index (χ3n) is 2.14. The van der Waals surface area contributed by atoms with Crippen LogP contribution in [0, 0.1) is 11.3 Å². The van der Waals surface area contributed by atoms with Gasteiger partial charge in [-0.25, -0.2) is 0 Å². The van der Waals surface area contributed by atoms with Gasteiger partial charge >= 0.3 is 0 Å². The van der Waals surface area contributed by atoms with Crippen molar-refractivity contribution in [2.45, 2.75) is 6.42 Å². The monoisotopic (exact) mass is 183 g/mol. The van der Waals surface area contributed by atoms with Gasteiger partial charge in [-0.15, -0.1) is 0 Å². The van der Waals surface area contributed by atoms with Crippen LogP contribution < -0.4 is 5.32 Å². The van der Waals surface area contributed by atoms with Crippen LogP contribution in [-0.4, -0.2) is 50.8 Å². The molecule has 0 radical (unpaired) electrons. The quantitative estimate of drug-likeness (QED) is 0.474. The topological polar surface area (TPSA) is 48.3 Å². The number of ether oxygens (including phenoxy) is 1. The lowest BCUT2D eigenvalue weighted by Gasteiger charge is -2.26. The van der Waals surface area contributed by atoms with Crippen LogP contribution in [-0.2, 0) is 4.74 Å². The Kier molecular flexibility index (Phi) is 5.50. The minimum absolute atomic E-state index is 0.461. The minimum Gasteiger partial charge on any atom is -0.379 e. The summed E-state index contributed by atoms with van der Waals surface area (Å²) in [5, 5.41) is 11.3. The highest BCUT2D eigenvalue weighted by atomic mass is 16.5. The van der Waals surface area contributed by atoms with Crippen molar-refractivity contribution < 1.29 is 4.74 Å². The second-order valence-corrected chi connectivity index (χ2v) is 3.14. The van der Waals surface area contributed by atoms with Gasteiger partial charge in [0.1, 0.15) is 0 Å². The molecule has 0 saturated carbocycles. The van der Waals surface area contributed by atoms with Gasteiger partial charge in [0, 0.05) is 13.1 Å². The Bertz CT molecular complexity index is 161. The van der Waals surface area contributed by atoms with Crippen LogP contribution in [0.3, 0.4) is 0 Å². The van der Waals surface area contributed by atoms with Crippen molar-refractivity contribution in [1.82, 2.24) is 10.2 Å². The molecule has 1 fully saturated rings. The lowest BCUT2D eigenvalue weighted by molar-refractivity contribution is 0.0375. The average molecular weight is 183 g/mol. The van der Waals surface area contributed by atoms with Gasteiger partial charge in [0.25, 0.3) is 0 Å². The second-order valence-electron chi connectivity index (χ2n) is 3.14. The smallest absolute Gasteiger partial charge is 0.0840 e. The first-order chi connectivity index (χ1) is 6.43. The molecule has 4 heteroatoms. The van der Waals surface area contributed by atoms with Crippen LogP contribution in [0.15, 0.2) is 0 Å². The molecule has 1 aliphatic rings. The summed E-state index contributed by atoms with van der Waals surface area (Å²) in [6.45, 7) is 6.35. The van der Waals surface area contributed by atoms with Crippen molar-refractivity contribution in [3.63, 3.8) is 0 Å². The fraction of sp³-hybridized carbons (Fsp3) is 0.889. The van der Waals surface area contributed by atoms with Crippen molar-refractivity contribution in [2.24, 2.45) is 0 Å². The molecule has 1 rings (SSSR count). The number of nitrogens with one attached hydrogen (secondary N) is 1. The van der Waals surface area contributed by atoms with E-state index in [1.54, 1.807) is 0 Å². The summed E-state index contributed by atoms with van der Waals surface area (Å²) in [7, 11) is 0. The molecule has 0 amide bonds. The van der Waals surface area contributed by atoms with Gasteiger partial charge in [-0.3, -0.25) is 4.90 Å². The first kappa shape index (κ1) is 10.5. The maximum Gasteiger partial charge on any atom is 0.0840 e. The zero-order valence-electron chi connectivity index (χ0n) is 7.96. The molecule has 0 unspecified atom stereocenters. The van der Waals surface area contributed by atoms with Gasteiger partial charge in [0.2, 0.25) is 0 Å². The zero-order valence-corrected chi connectivity index (χ0v) is 7.96. The first-order valence-electron chi connectivity index (χ1n) is 4.81. The minimum atomic E-state index is 0.461.